The molecule has 1 aromatic heterocycles. The third-order valence-corrected chi connectivity index (χ3v) is 7.07. The van der Waals surface area contributed by atoms with Gasteiger partial charge in [0.05, 0.1) is 31.2 Å². The monoisotopic (exact) mass is 483 g/mol. The molecule has 0 spiro atoms. The Kier molecular flexibility index (Phi) is 7.90. The molecule has 0 saturated carbocycles. The number of nitrogens with zero attached hydrogens (tertiary/aromatic N) is 3. The first-order valence-corrected chi connectivity index (χ1v) is 12.5. The van der Waals surface area contributed by atoms with Crippen molar-refractivity contribution in [2.45, 2.75) is 46.0 Å². The molecule has 1 saturated heterocycles. The van der Waals surface area contributed by atoms with E-state index in [0.717, 1.165) is 28.2 Å². The summed E-state index contributed by atoms with van der Waals surface area (Å²) in [5.74, 6) is -0.177. The number of carbonyl (C=O) groups excluding carboxylic acids is 2. The first-order valence-electron chi connectivity index (χ1n) is 12.5. The fourth-order valence-electron chi connectivity index (χ4n) is 5.07. The van der Waals surface area contributed by atoms with E-state index in [4.69, 9.17) is 10.00 Å². The van der Waals surface area contributed by atoms with Crippen LogP contribution in [-0.4, -0.2) is 41.5 Å². The lowest BCUT2D eigenvalue weighted by molar-refractivity contribution is -0.148. The summed E-state index contributed by atoms with van der Waals surface area (Å²) in [7, 11) is 1.42. The second-order valence-corrected chi connectivity index (χ2v) is 9.54. The maximum atomic E-state index is 13.0. The Balaban J connectivity index is 1.57. The minimum Gasteiger partial charge on any atom is -0.469 e. The van der Waals surface area contributed by atoms with Crippen LogP contribution in [0.25, 0.3) is 16.9 Å². The van der Waals surface area contributed by atoms with Gasteiger partial charge in [0.25, 0.3) is 0 Å². The summed E-state index contributed by atoms with van der Waals surface area (Å²) in [6.07, 6.45) is 2.71. The first kappa shape index (κ1) is 25.2. The van der Waals surface area contributed by atoms with Gasteiger partial charge in [0, 0.05) is 36.5 Å². The van der Waals surface area contributed by atoms with E-state index in [2.05, 4.69) is 54.8 Å². The molecule has 36 heavy (non-hydrogen) atoms. The predicted molar refractivity (Wildman–Crippen MR) is 140 cm³/mol. The number of hydrogen-bond donors (Lipinski definition) is 0. The highest BCUT2D eigenvalue weighted by Crippen LogP contribution is 2.31. The van der Waals surface area contributed by atoms with Gasteiger partial charge in [-0.3, -0.25) is 9.59 Å². The summed E-state index contributed by atoms with van der Waals surface area (Å²) in [6, 6.07) is 21.0. The zero-order valence-electron chi connectivity index (χ0n) is 21.3. The molecule has 2 heterocycles. The molecule has 6 heteroatoms. The number of benzene rings is 2. The van der Waals surface area contributed by atoms with Crippen LogP contribution in [0.5, 0.6) is 0 Å². The molecule has 0 aliphatic carbocycles. The van der Waals surface area contributed by atoms with Crippen LogP contribution in [0.3, 0.4) is 0 Å². The van der Waals surface area contributed by atoms with Gasteiger partial charge in [-0.1, -0.05) is 35.9 Å². The van der Waals surface area contributed by atoms with Crippen LogP contribution in [0.1, 0.15) is 41.6 Å². The van der Waals surface area contributed by atoms with Gasteiger partial charge < -0.3 is 14.2 Å². The fourth-order valence-corrected chi connectivity index (χ4v) is 5.07. The number of esters is 1. The number of hydrogen-bond acceptors (Lipinski definition) is 4. The smallest absolute Gasteiger partial charge is 0.308 e. The van der Waals surface area contributed by atoms with E-state index in [1.165, 1.54) is 18.2 Å². The predicted octanol–water partition coefficient (Wildman–Crippen LogP) is 5.17. The minimum atomic E-state index is -0.181. The molecule has 3 aromatic rings. The molecule has 1 aliphatic rings. The molecule has 4 rings (SSSR count). The Morgan fingerprint density at radius 2 is 1.75 bits per heavy atom. The van der Waals surface area contributed by atoms with Crippen molar-refractivity contribution in [1.82, 2.24) is 9.47 Å². The first-order chi connectivity index (χ1) is 17.4. The highest BCUT2D eigenvalue weighted by molar-refractivity contribution is 5.78. The van der Waals surface area contributed by atoms with E-state index >= 15 is 0 Å². The number of methoxy groups -OCH3 is 1. The maximum absolute atomic E-state index is 13.0. The van der Waals surface area contributed by atoms with E-state index in [1.54, 1.807) is 0 Å². The highest BCUT2D eigenvalue weighted by atomic mass is 16.5. The van der Waals surface area contributed by atoms with Gasteiger partial charge >= 0.3 is 5.97 Å². The van der Waals surface area contributed by atoms with Crippen molar-refractivity contribution in [3.05, 3.63) is 77.0 Å². The van der Waals surface area contributed by atoms with Crippen LogP contribution in [0.2, 0.25) is 0 Å². The largest absolute Gasteiger partial charge is 0.469 e. The second-order valence-electron chi connectivity index (χ2n) is 9.54. The molecular formula is C30H33N3O3. The molecule has 0 radical (unpaired) electrons. The lowest BCUT2D eigenvalue weighted by Crippen LogP contribution is -2.40. The topological polar surface area (TPSA) is 75.3 Å². The standard InChI is InChI=1S/C30H33N3O3/c1-21-4-11-27(22(2)20-21)28-12-9-26(33(28)25-7-5-23(6-8-25)14-17-31)10-13-29(34)32-18-15-24(16-19-32)30(35)36-3/h4-9,11-12,20,24H,10,13-16,18-19H2,1-3H3. The molecule has 6 nitrogen and oxygen atoms in total. The zero-order valence-corrected chi connectivity index (χ0v) is 21.3. The van der Waals surface area contributed by atoms with E-state index in [0.29, 0.717) is 45.2 Å². The highest BCUT2D eigenvalue weighted by Gasteiger charge is 2.28. The maximum Gasteiger partial charge on any atom is 0.308 e. The lowest BCUT2D eigenvalue weighted by atomic mass is 9.96. The SMILES string of the molecule is COC(=O)C1CCN(C(=O)CCc2ccc(-c3ccc(C)cc3C)n2-c2ccc(CC#N)cc2)CC1. The molecule has 186 valence electrons. The Morgan fingerprint density at radius 3 is 2.39 bits per heavy atom. The third-order valence-electron chi connectivity index (χ3n) is 7.07. The zero-order chi connectivity index (χ0) is 25.7. The Morgan fingerprint density at radius 1 is 1.03 bits per heavy atom. The average Bonchev–Trinajstić information content (AvgIpc) is 3.31. The van der Waals surface area contributed by atoms with E-state index < -0.39 is 0 Å². The fraction of sp³-hybridized carbons (Fsp3) is 0.367. The number of piperidine rings is 1. The summed E-state index contributed by atoms with van der Waals surface area (Å²) in [4.78, 5) is 26.7. The number of aryl methyl sites for hydroxylation is 3. The van der Waals surface area contributed by atoms with Crippen molar-refractivity contribution in [3.8, 4) is 23.0 Å². The summed E-state index contributed by atoms with van der Waals surface area (Å²) in [5, 5.41) is 9.03. The van der Waals surface area contributed by atoms with Crippen molar-refractivity contribution in [2.24, 2.45) is 5.92 Å². The van der Waals surface area contributed by atoms with Crippen LogP contribution >= 0.6 is 0 Å². The molecule has 0 bridgehead atoms. The third kappa shape index (κ3) is 5.52. The van der Waals surface area contributed by atoms with E-state index in [-0.39, 0.29) is 17.8 Å². The quantitative estimate of drug-likeness (QED) is 0.435. The van der Waals surface area contributed by atoms with Crippen molar-refractivity contribution in [2.75, 3.05) is 20.2 Å². The minimum absolute atomic E-state index is 0.111. The molecule has 1 amide bonds. The Hall–Kier alpha value is -3.85. The normalized spacial score (nSPS) is 13.9. The molecule has 0 unspecified atom stereocenters. The van der Waals surface area contributed by atoms with Gasteiger partial charge in [-0.25, -0.2) is 0 Å². The van der Waals surface area contributed by atoms with E-state index in [1.807, 2.05) is 29.2 Å². The van der Waals surface area contributed by atoms with Gasteiger partial charge in [0.15, 0.2) is 0 Å². The second kappa shape index (κ2) is 11.3. The number of nitriles is 1. The Labute approximate surface area is 213 Å². The molecule has 0 N–H and O–H groups in total. The summed E-state index contributed by atoms with van der Waals surface area (Å²) >= 11 is 0. The number of aromatic nitrogens is 1. The number of carbonyl (C=O) groups is 2. The Bertz CT molecular complexity index is 1280. The number of rotatable bonds is 7. The summed E-state index contributed by atoms with van der Waals surface area (Å²) in [5.41, 5.74) is 7.72. The van der Waals surface area contributed by atoms with Crippen molar-refractivity contribution >= 4 is 11.9 Å². The number of ether oxygens (including phenoxy) is 1. The van der Waals surface area contributed by atoms with Crippen LogP contribution < -0.4 is 0 Å². The molecular weight excluding hydrogens is 450 g/mol. The molecule has 1 fully saturated rings. The van der Waals surface area contributed by atoms with Gasteiger partial charge in [-0.15, -0.1) is 0 Å². The van der Waals surface area contributed by atoms with Gasteiger partial charge in [-0.05, 0) is 68.5 Å². The van der Waals surface area contributed by atoms with Crippen molar-refractivity contribution in [1.29, 1.82) is 5.26 Å². The number of likely N-dealkylation sites (tertiary alicyclic amines) is 1. The van der Waals surface area contributed by atoms with E-state index in [9.17, 15) is 9.59 Å². The van der Waals surface area contributed by atoms with Gasteiger partial charge in [0.2, 0.25) is 5.91 Å². The van der Waals surface area contributed by atoms with Crippen molar-refractivity contribution in [3.63, 3.8) is 0 Å². The number of amides is 1. The van der Waals surface area contributed by atoms with Gasteiger partial charge in [0.1, 0.15) is 0 Å². The summed E-state index contributed by atoms with van der Waals surface area (Å²) in [6.45, 7) is 5.40. The van der Waals surface area contributed by atoms with Gasteiger partial charge in [-0.2, -0.15) is 5.26 Å². The van der Waals surface area contributed by atoms with Crippen LogP contribution in [0.15, 0.2) is 54.6 Å². The van der Waals surface area contributed by atoms with Crippen molar-refractivity contribution < 1.29 is 14.3 Å². The summed E-state index contributed by atoms with van der Waals surface area (Å²) < 4.78 is 7.09. The van der Waals surface area contributed by atoms with Crippen LogP contribution in [-0.2, 0) is 27.2 Å². The molecule has 0 atom stereocenters. The van der Waals surface area contributed by atoms with Crippen LogP contribution in [0.4, 0.5) is 0 Å². The average molecular weight is 484 g/mol. The molecule has 2 aromatic carbocycles. The molecule has 1 aliphatic heterocycles. The van der Waals surface area contributed by atoms with Crippen LogP contribution in [0, 0.1) is 31.1 Å². The lowest BCUT2D eigenvalue weighted by Gasteiger charge is -2.30.